The first kappa shape index (κ1) is 17.7. The number of nitrogens with one attached hydrogen (secondary N) is 1. The van der Waals surface area contributed by atoms with E-state index in [0.717, 1.165) is 45.9 Å². The Morgan fingerprint density at radius 2 is 1.75 bits per heavy atom. The molecule has 0 amide bonds. The standard InChI is InChI=1S/C19H31N3O2/c1-16(20-14-19(23)15-21-8-2-3-9-21)17-4-6-18(7-5-17)22-10-12-24-13-11-22/h4-7,16,19-20,23H,2-3,8-15H2,1H3. The number of aliphatic hydroxyl groups excluding tert-OH is 1. The van der Waals surface area contributed by atoms with E-state index in [1.807, 2.05) is 0 Å². The van der Waals surface area contributed by atoms with E-state index in [2.05, 4.69) is 46.3 Å². The number of morpholine rings is 1. The van der Waals surface area contributed by atoms with Crippen LogP contribution in [0.25, 0.3) is 0 Å². The number of rotatable bonds is 7. The van der Waals surface area contributed by atoms with E-state index in [-0.39, 0.29) is 12.1 Å². The molecule has 3 rings (SSSR count). The highest BCUT2D eigenvalue weighted by Gasteiger charge is 2.17. The molecular weight excluding hydrogens is 302 g/mol. The summed E-state index contributed by atoms with van der Waals surface area (Å²) in [4.78, 5) is 4.72. The second-order valence-corrected chi connectivity index (χ2v) is 6.98. The van der Waals surface area contributed by atoms with Gasteiger partial charge in [0, 0.05) is 37.9 Å². The fourth-order valence-electron chi connectivity index (χ4n) is 3.55. The molecule has 5 nitrogen and oxygen atoms in total. The number of nitrogens with zero attached hydrogens (tertiary/aromatic N) is 2. The van der Waals surface area contributed by atoms with Gasteiger partial charge in [-0.15, -0.1) is 0 Å². The molecule has 134 valence electrons. The van der Waals surface area contributed by atoms with Crippen molar-refractivity contribution >= 4 is 5.69 Å². The molecule has 2 atom stereocenters. The van der Waals surface area contributed by atoms with E-state index >= 15 is 0 Å². The lowest BCUT2D eigenvalue weighted by atomic mass is 10.1. The van der Waals surface area contributed by atoms with E-state index in [1.54, 1.807) is 0 Å². The number of ether oxygens (including phenoxy) is 1. The van der Waals surface area contributed by atoms with Crippen LogP contribution in [0.2, 0.25) is 0 Å². The number of likely N-dealkylation sites (tertiary alicyclic amines) is 1. The Balaban J connectivity index is 1.44. The number of hydrogen-bond acceptors (Lipinski definition) is 5. The third-order valence-electron chi connectivity index (χ3n) is 5.10. The van der Waals surface area contributed by atoms with Crippen LogP contribution in [0.3, 0.4) is 0 Å². The first-order valence-corrected chi connectivity index (χ1v) is 9.29. The molecule has 1 aromatic carbocycles. The highest BCUT2D eigenvalue weighted by Crippen LogP contribution is 2.20. The minimum Gasteiger partial charge on any atom is -0.390 e. The molecule has 0 aliphatic carbocycles. The van der Waals surface area contributed by atoms with Gasteiger partial charge in [0.05, 0.1) is 19.3 Å². The Hall–Kier alpha value is -1.14. The zero-order chi connectivity index (χ0) is 16.8. The number of hydrogen-bond donors (Lipinski definition) is 2. The Morgan fingerprint density at radius 3 is 2.42 bits per heavy atom. The smallest absolute Gasteiger partial charge is 0.0791 e. The predicted octanol–water partition coefficient (Wildman–Crippen LogP) is 1.63. The van der Waals surface area contributed by atoms with Gasteiger partial charge in [-0.1, -0.05) is 12.1 Å². The minimum atomic E-state index is -0.293. The second kappa shape index (κ2) is 8.81. The Bertz CT molecular complexity index is 482. The molecule has 2 aliphatic rings. The van der Waals surface area contributed by atoms with Gasteiger partial charge >= 0.3 is 0 Å². The molecule has 2 aliphatic heterocycles. The van der Waals surface area contributed by atoms with Gasteiger partial charge in [0.25, 0.3) is 0 Å². The van der Waals surface area contributed by atoms with E-state index in [0.29, 0.717) is 6.54 Å². The van der Waals surface area contributed by atoms with E-state index < -0.39 is 0 Å². The number of β-amino-alcohol motifs (C(OH)–C–C–N with tert-alkyl or cyclic N) is 1. The van der Waals surface area contributed by atoms with Crippen molar-refractivity contribution < 1.29 is 9.84 Å². The van der Waals surface area contributed by atoms with E-state index in [9.17, 15) is 5.11 Å². The summed E-state index contributed by atoms with van der Waals surface area (Å²) in [5, 5.41) is 13.7. The van der Waals surface area contributed by atoms with Gasteiger partial charge in [0.2, 0.25) is 0 Å². The average Bonchev–Trinajstić information content (AvgIpc) is 3.13. The van der Waals surface area contributed by atoms with Crippen LogP contribution in [-0.2, 0) is 4.74 Å². The van der Waals surface area contributed by atoms with Crippen molar-refractivity contribution in [3.8, 4) is 0 Å². The van der Waals surface area contributed by atoms with Crippen molar-refractivity contribution in [2.75, 3.05) is 57.4 Å². The summed E-state index contributed by atoms with van der Waals surface area (Å²) in [6.45, 7) is 9.42. The third-order valence-corrected chi connectivity index (χ3v) is 5.10. The van der Waals surface area contributed by atoms with Gasteiger partial charge in [0.15, 0.2) is 0 Å². The van der Waals surface area contributed by atoms with Crippen molar-refractivity contribution in [1.29, 1.82) is 0 Å². The minimum absolute atomic E-state index is 0.247. The maximum Gasteiger partial charge on any atom is 0.0791 e. The molecule has 2 saturated heterocycles. The summed E-state index contributed by atoms with van der Waals surface area (Å²) in [5.74, 6) is 0. The van der Waals surface area contributed by atoms with Crippen LogP contribution in [0.1, 0.15) is 31.4 Å². The molecule has 1 aromatic rings. The van der Waals surface area contributed by atoms with Crippen LogP contribution in [0.5, 0.6) is 0 Å². The quantitative estimate of drug-likeness (QED) is 0.794. The van der Waals surface area contributed by atoms with Crippen LogP contribution < -0.4 is 10.2 Å². The zero-order valence-corrected chi connectivity index (χ0v) is 14.8. The molecular formula is C19H31N3O2. The average molecular weight is 333 g/mol. The van der Waals surface area contributed by atoms with Crippen molar-refractivity contribution in [3.05, 3.63) is 29.8 Å². The third kappa shape index (κ3) is 4.93. The monoisotopic (exact) mass is 333 g/mol. The highest BCUT2D eigenvalue weighted by atomic mass is 16.5. The van der Waals surface area contributed by atoms with E-state index in [4.69, 9.17) is 4.74 Å². The summed E-state index contributed by atoms with van der Waals surface area (Å²) in [6, 6.07) is 9.01. The molecule has 0 saturated carbocycles. The maximum atomic E-state index is 10.2. The number of benzene rings is 1. The van der Waals surface area contributed by atoms with Crippen molar-refractivity contribution in [2.45, 2.75) is 31.9 Å². The number of aliphatic hydroxyl groups is 1. The van der Waals surface area contributed by atoms with Crippen LogP contribution in [-0.4, -0.2) is 68.6 Å². The molecule has 2 unspecified atom stereocenters. The van der Waals surface area contributed by atoms with E-state index in [1.165, 1.54) is 24.1 Å². The first-order chi connectivity index (χ1) is 11.7. The van der Waals surface area contributed by atoms with Crippen LogP contribution in [0.15, 0.2) is 24.3 Å². The van der Waals surface area contributed by atoms with Crippen LogP contribution in [0, 0.1) is 0 Å². The Morgan fingerprint density at radius 1 is 1.08 bits per heavy atom. The van der Waals surface area contributed by atoms with Gasteiger partial charge in [-0.3, -0.25) is 0 Å². The van der Waals surface area contributed by atoms with Crippen LogP contribution in [0.4, 0.5) is 5.69 Å². The zero-order valence-electron chi connectivity index (χ0n) is 14.8. The molecule has 0 bridgehead atoms. The fourth-order valence-corrected chi connectivity index (χ4v) is 3.55. The molecule has 0 spiro atoms. The first-order valence-electron chi connectivity index (χ1n) is 9.29. The Kier molecular flexibility index (Phi) is 6.49. The van der Waals surface area contributed by atoms with Gasteiger partial charge in [0.1, 0.15) is 0 Å². The summed E-state index contributed by atoms with van der Waals surface area (Å²) in [5.41, 5.74) is 2.53. The number of anilines is 1. The largest absolute Gasteiger partial charge is 0.390 e. The predicted molar refractivity (Wildman–Crippen MR) is 97.6 cm³/mol. The maximum absolute atomic E-state index is 10.2. The van der Waals surface area contributed by atoms with Crippen molar-refractivity contribution in [1.82, 2.24) is 10.2 Å². The molecule has 2 heterocycles. The van der Waals surface area contributed by atoms with Gasteiger partial charge in [-0.25, -0.2) is 0 Å². The lowest BCUT2D eigenvalue weighted by Crippen LogP contribution is -2.38. The molecule has 2 fully saturated rings. The molecule has 24 heavy (non-hydrogen) atoms. The summed E-state index contributed by atoms with van der Waals surface area (Å²) in [6.07, 6.45) is 2.25. The lowest BCUT2D eigenvalue weighted by molar-refractivity contribution is 0.121. The summed E-state index contributed by atoms with van der Waals surface area (Å²) >= 11 is 0. The highest BCUT2D eigenvalue weighted by molar-refractivity contribution is 5.48. The molecule has 0 radical (unpaired) electrons. The lowest BCUT2D eigenvalue weighted by Gasteiger charge is -2.29. The molecule has 5 heteroatoms. The van der Waals surface area contributed by atoms with Gasteiger partial charge < -0.3 is 25.0 Å². The molecule has 0 aromatic heterocycles. The second-order valence-electron chi connectivity index (χ2n) is 6.98. The topological polar surface area (TPSA) is 48.0 Å². The normalized spacial score (nSPS) is 21.8. The summed E-state index contributed by atoms with van der Waals surface area (Å²) < 4.78 is 5.41. The van der Waals surface area contributed by atoms with Crippen molar-refractivity contribution in [3.63, 3.8) is 0 Å². The van der Waals surface area contributed by atoms with Crippen LogP contribution >= 0.6 is 0 Å². The van der Waals surface area contributed by atoms with Gasteiger partial charge in [-0.05, 0) is 50.6 Å². The summed E-state index contributed by atoms with van der Waals surface area (Å²) in [7, 11) is 0. The van der Waals surface area contributed by atoms with Gasteiger partial charge in [-0.2, -0.15) is 0 Å². The SMILES string of the molecule is CC(NCC(O)CN1CCCC1)c1ccc(N2CCOCC2)cc1. The molecule has 2 N–H and O–H groups in total. The Labute approximate surface area is 145 Å². The fraction of sp³-hybridized carbons (Fsp3) is 0.684. The van der Waals surface area contributed by atoms with Crippen molar-refractivity contribution in [2.24, 2.45) is 0 Å².